The zero-order valence-corrected chi connectivity index (χ0v) is 8.78. The zero-order chi connectivity index (χ0) is 12.1. The van der Waals surface area contributed by atoms with Crippen LogP contribution in [0.5, 0.6) is 0 Å². The molecule has 0 atom stereocenters. The molecule has 0 aliphatic heterocycles. The summed E-state index contributed by atoms with van der Waals surface area (Å²) in [5.41, 5.74) is 1.46. The van der Waals surface area contributed by atoms with Crippen LogP contribution in [-0.2, 0) is 16.0 Å². The molecule has 0 aliphatic rings. The third-order valence-electron chi connectivity index (χ3n) is 1.60. The maximum atomic E-state index is 11.2. The minimum atomic E-state index is -1.16. The van der Waals surface area contributed by atoms with Crippen LogP contribution in [0.25, 0.3) is 0 Å². The first-order valence-corrected chi connectivity index (χ1v) is 5.03. The average molecular weight is 244 g/mol. The van der Waals surface area contributed by atoms with Gasteiger partial charge < -0.3 is 15.5 Å². The molecule has 0 aromatic carbocycles. The van der Waals surface area contributed by atoms with Crippen molar-refractivity contribution in [3.05, 3.63) is 16.1 Å². The first-order valence-electron chi connectivity index (χ1n) is 4.15. The van der Waals surface area contributed by atoms with E-state index >= 15 is 0 Å². The number of aromatic carboxylic acids is 1. The summed E-state index contributed by atoms with van der Waals surface area (Å²) in [6.07, 6.45) is -0.238. The highest BCUT2D eigenvalue weighted by atomic mass is 32.1. The third kappa shape index (κ3) is 3.31. The average Bonchev–Trinajstić information content (AvgIpc) is 2.62. The Kier molecular flexibility index (Phi) is 3.95. The lowest BCUT2D eigenvalue weighted by Gasteiger charge is -2.00. The molecule has 0 spiro atoms. The van der Waals surface area contributed by atoms with Gasteiger partial charge in [0, 0.05) is 0 Å². The summed E-state index contributed by atoms with van der Waals surface area (Å²) in [4.78, 5) is 35.7. The van der Waals surface area contributed by atoms with Crippen molar-refractivity contribution in [3.8, 4) is 0 Å². The molecule has 0 fully saturated rings. The quantitative estimate of drug-likeness (QED) is 0.648. The first-order chi connectivity index (χ1) is 7.50. The van der Waals surface area contributed by atoms with Crippen LogP contribution in [0.3, 0.4) is 0 Å². The Balaban J connectivity index is 2.59. The molecule has 86 valence electrons. The highest BCUT2D eigenvalue weighted by Gasteiger charge is 2.16. The van der Waals surface area contributed by atoms with Gasteiger partial charge in [0.1, 0.15) is 11.4 Å². The lowest BCUT2D eigenvalue weighted by Crippen LogP contribution is -2.30. The largest absolute Gasteiger partial charge is 0.480 e. The van der Waals surface area contributed by atoms with Gasteiger partial charge in [-0.15, -0.1) is 11.3 Å². The van der Waals surface area contributed by atoms with E-state index in [2.05, 4.69) is 10.3 Å². The van der Waals surface area contributed by atoms with E-state index in [-0.39, 0.29) is 17.0 Å². The first kappa shape index (κ1) is 12.1. The summed E-state index contributed by atoms with van der Waals surface area (Å²) in [5.74, 6) is -2.88. The van der Waals surface area contributed by atoms with Crippen LogP contribution in [0.2, 0.25) is 0 Å². The van der Waals surface area contributed by atoms with Gasteiger partial charge in [0.15, 0.2) is 0 Å². The molecule has 7 nitrogen and oxygen atoms in total. The number of nitrogens with one attached hydrogen (secondary N) is 1. The molecule has 0 unspecified atom stereocenters. The Bertz CT molecular complexity index is 428. The molecular weight excluding hydrogens is 236 g/mol. The standard InChI is InChI=1S/C8H8N2O5S/c11-5(9-2-6(12)13)1-4-7(8(14)15)16-3-10-4/h3H,1-2H2,(H,9,11)(H,12,13)(H,14,15). The van der Waals surface area contributed by atoms with Crippen LogP contribution >= 0.6 is 11.3 Å². The van der Waals surface area contributed by atoms with Gasteiger partial charge in [-0.3, -0.25) is 9.59 Å². The van der Waals surface area contributed by atoms with Gasteiger partial charge in [-0.25, -0.2) is 9.78 Å². The maximum absolute atomic E-state index is 11.2. The molecule has 0 saturated carbocycles. The Morgan fingerprint density at radius 2 is 2.06 bits per heavy atom. The molecule has 0 radical (unpaired) electrons. The molecule has 1 heterocycles. The fourth-order valence-electron chi connectivity index (χ4n) is 0.958. The lowest BCUT2D eigenvalue weighted by molar-refractivity contribution is -0.137. The van der Waals surface area contributed by atoms with Crippen LogP contribution < -0.4 is 5.32 Å². The Morgan fingerprint density at radius 3 is 2.62 bits per heavy atom. The number of hydrogen-bond donors (Lipinski definition) is 3. The number of carbonyl (C=O) groups excluding carboxylic acids is 1. The number of hydrogen-bond acceptors (Lipinski definition) is 5. The van der Waals surface area contributed by atoms with Crippen molar-refractivity contribution in [1.82, 2.24) is 10.3 Å². The van der Waals surface area contributed by atoms with E-state index in [1.165, 1.54) is 5.51 Å². The van der Waals surface area contributed by atoms with Gasteiger partial charge in [-0.05, 0) is 0 Å². The zero-order valence-electron chi connectivity index (χ0n) is 7.97. The van der Waals surface area contributed by atoms with E-state index in [4.69, 9.17) is 10.2 Å². The molecule has 1 rings (SSSR count). The molecule has 0 bridgehead atoms. The Labute approximate surface area is 93.7 Å². The van der Waals surface area contributed by atoms with Gasteiger partial charge in [0.05, 0.1) is 17.6 Å². The number of carbonyl (C=O) groups is 3. The number of amides is 1. The molecule has 0 aliphatic carbocycles. The number of carboxylic acid groups (broad SMARTS) is 2. The number of thiazole rings is 1. The summed E-state index contributed by atoms with van der Waals surface area (Å²) in [6, 6.07) is 0. The van der Waals surface area contributed by atoms with Gasteiger partial charge in [0.2, 0.25) is 5.91 Å². The van der Waals surface area contributed by atoms with Crippen LogP contribution in [0.1, 0.15) is 15.4 Å². The number of aliphatic carboxylic acids is 1. The number of aromatic nitrogens is 1. The monoisotopic (exact) mass is 244 g/mol. The predicted molar refractivity (Wildman–Crippen MR) is 53.4 cm³/mol. The summed E-state index contributed by atoms with van der Waals surface area (Å²) in [5, 5.41) is 19.2. The molecule has 1 aromatic heterocycles. The lowest BCUT2D eigenvalue weighted by atomic mass is 10.2. The van der Waals surface area contributed by atoms with E-state index in [1.54, 1.807) is 0 Å². The number of nitrogens with zero attached hydrogens (tertiary/aromatic N) is 1. The molecule has 1 amide bonds. The summed E-state index contributed by atoms with van der Waals surface area (Å²) in [7, 11) is 0. The highest BCUT2D eigenvalue weighted by molar-refractivity contribution is 7.11. The highest BCUT2D eigenvalue weighted by Crippen LogP contribution is 2.13. The fourth-order valence-corrected chi connectivity index (χ4v) is 1.60. The van der Waals surface area contributed by atoms with Gasteiger partial charge in [-0.1, -0.05) is 0 Å². The molecule has 0 saturated heterocycles. The molecule has 16 heavy (non-hydrogen) atoms. The van der Waals surface area contributed by atoms with Crippen LogP contribution in [0.15, 0.2) is 5.51 Å². The molecular formula is C8H8N2O5S. The summed E-state index contributed by atoms with van der Waals surface area (Å²) in [6.45, 7) is -0.495. The second-order valence-electron chi connectivity index (χ2n) is 2.78. The summed E-state index contributed by atoms with van der Waals surface area (Å²) >= 11 is 0.917. The second kappa shape index (κ2) is 5.21. The van der Waals surface area contributed by atoms with Crippen molar-refractivity contribution < 1.29 is 24.6 Å². The van der Waals surface area contributed by atoms with Crippen molar-refractivity contribution in [3.63, 3.8) is 0 Å². The van der Waals surface area contributed by atoms with Gasteiger partial charge in [0.25, 0.3) is 0 Å². The van der Waals surface area contributed by atoms with Crippen molar-refractivity contribution in [2.45, 2.75) is 6.42 Å². The minimum absolute atomic E-state index is 0.00882. The second-order valence-corrected chi connectivity index (χ2v) is 3.64. The minimum Gasteiger partial charge on any atom is -0.480 e. The van der Waals surface area contributed by atoms with E-state index in [9.17, 15) is 14.4 Å². The van der Waals surface area contributed by atoms with Crippen LogP contribution in [0, 0.1) is 0 Å². The third-order valence-corrected chi connectivity index (χ3v) is 2.46. The topological polar surface area (TPSA) is 117 Å². The fraction of sp³-hybridized carbons (Fsp3) is 0.250. The Hall–Kier alpha value is -1.96. The molecule has 8 heteroatoms. The number of rotatable bonds is 5. The van der Waals surface area contributed by atoms with E-state index in [0.29, 0.717) is 0 Å². The summed E-state index contributed by atoms with van der Waals surface area (Å²) < 4.78 is 0. The number of carboxylic acids is 2. The smallest absolute Gasteiger partial charge is 0.347 e. The normalized spacial score (nSPS) is 9.75. The maximum Gasteiger partial charge on any atom is 0.347 e. The molecule has 3 N–H and O–H groups in total. The van der Waals surface area contributed by atoms with Crippen molar-refractivity contribution in [2.75, 3.05) is 6.54 Å². The van der Waals surface area contributed by atoms with Crippen molar-refractivity contribution in [1.29, 1.82) is 0 Å². The van der Waals surface area contributed by atoms with Gasteiger partial charge >= 0.3 is 11.9 Å². The van der Waals surface area contributed by atoms with E-state index in [0.717, 1.165) is 11.3 Å². The van der Waals surface area contributed by atoms with Crippen molar-refractivity contribution in [2.24, 2.45) is 0 Å². The SMILES string of the molecule is O=C(O)CNC(=O)Cc1ncsc1C(=O)O. The Morgan fingerprint density at radius 1 is 1.38 bits per heavy atom. The van der Waals surface area contributed by atoms with Crippen LogP contribution in [0.4, 0.5) is 0 Å². The molecule has 1 aromatic rings. The predicted octanol–water partition coefficient (Wildman–Crippen LogP) is -0.415. The van der Waals surface area contributed by atoms with Crippen LogP contribution in [-0.4, -0.2) is 39.6 Å². The van der Waals surface area contributed by atoms with Gasteiger partial charge in [-0.2, -0.15) is 0 Å². The van der Waals surface area contributed by atoms with E-state index in [1.807, 2.05) is 0 Å². The van der Waals surface area contributed by atoms with Crippen molar-refractivity contribution >= 4 is 29.2 Å². The van der Waals surface area contributed by atoms with E-state index < -0.39 is 24.4 Å².